The fraction of sp³-hybridized carbons (Fsp3) is 0.375. The summed E-state index contributed by atoms with van der Waals surface area (Å²) in [7, 11) is 3.82. The summed E-state index contributed by atoms with van der Waals surface area (Å²) in [5.74, 6) is 0.713. The molecule has 0 radical (unpaired) electrons. The van der Waals surface area contributed by atoms with Gasteiger partial charge in [0.15, 0.2) is 11.0 Å². The smallest absolute Gasteiger partial charge is 0.187 e. The number of nitrogens with zero attached hydrogens (tertiary/aromatic N) is 5. The van der Waals surface area contributed by atoms with E-state index in [9.17, 15) is 0 Å². The highest BCUT2D eigenvalue weighted by molar-refractivity contribution is 6.99. The Morgan fingerprint density at radius 2 is 2.33 bits per heavy atom. The largest absolute Gasteiger partial charge is 0.352 e. The summed E-state index contributed by atoms with van der Waals surface area (Å²) in [5.41, 5.74) is 1.11. The van der Waals surface area contributed by atoms with Gasteiger partial charge in [0, 0.05) is 32.4 Å². The summed E-state index contributed by atoms with van der Waals surface area (Å²) in [5, 5.41) is 4.55. The second-order valence-corrected chi connectivity index (χ2v) is 4.14. The zero-order valence-corrected chi connectivity index (χ0v) is 9.96. The fourth-order valence-corrected chi connectivity index (χ4v) is 2.13. The third-order valence-electron chi connectivity index (χ3n) is 1.97. The third-order valence-corrected chi connectivity index (χ3v) is 2.85. The van der Waals surface area contributed by atoms with Crippen LogP contribution in [0.3, 0.4) is 0 Å². The summed E-state index contributed by atoms with van der Waals surface area (Å²) in [6, 6.07) is 0. The Bertz CT molecular complexity index is 451. The molecule has 0 saturated carbocycles. The lowest BCUT2D eigenvalue weighted by Gasteiger charge is -2.14. The Labute approximate surface area is 96.6 Å². The van der Waals surface area contributed by atoms with Crippen LogP contribution in [0.5, 0.6) is 0 Å². The van der Waals surface area contributed by atoms with Crippen LogP contribution in [0.2, 0.25) is 5.15 Å². The van der Waals surface area contributed by atoms with Crippen LogP contribution in [-0.2, 0) is 13.6 Å². The number of aryl methyl sites for hydroxylation is 1. The first-order chi connectivity index (χ1) is 7.16. The number of hydrogen-bond donors (Lipinski definition) is 0. The molecule has 0 aliphatic rings. The van der Waals surface area contributed by atoms with E-state index in [4.69, 9.17) is 11.6 Å². The Morgan fingerprint density at radius 3 is 2.87 bits per heavy atom. The summed E-state index contributed by atoms with van der Waals surface area (Å²) in [6.07, 6.45) is 3.79. The molecular weight excluding hydrogens is 234 g/mol. The van der Waals surface area contributed by atoms with Crippen molar-refractivity contribution in [2.24, 2.45) is 7.05 Å². The number of hydrogen-bond acceptors (Lipinski definition) is 5. The Balaban J connectivity index is 2.10. The van der Waals surface area contributed by atoms with Crippen molar-refractivity contribution in [1.29, 1.82) is 0 Å². The van der Waals surface area contributed by atoms with E-state index in [2.05, 4.69) is 13.8 Å². The molecule has 0 aliphatic carbocycles. The van der Waals surface area contributed by atoms with Gasteiger partial charge in [0.2, 0.25) is 0 Å². The minimum absolute atomic E-state index is 0.450. The van der Waals surface area contributed by atoms with Crippen molar-refractivity contribution < 1.29 is 0 Å². The molecule has 2 rings (SSSR count). The maximum atomic E-state index is 5.88. The Hall–Kier alpha value is -1.14. The lowest BCUT2D eigenvalue weighted by molar-refractivity contribution is 0.766. The first-order valence-electron chi connectivity index (χ1n) is 4.33. The highest BCUT2D eigenvalue weighted by Gasteiger charge is 2.11. The van der Waals surface area contributed by atoms with E-state index in [1.54, 1.807) is 4.68 Å². The van der Waals surface area contributed by atoms with Crippen LogP contribution in [0.15, 0.2) is 12.4 Å². The minimum Gasteiger partial charge on any atom is -0.352 e. The highest BCUT2D eigenvalue weighted by Crippen LogP contribution is 2.22. The van der Waals surface area contributed by atoms with Gasteiger partial charge in [-0.25, -0.2) is 0 Å². The SMILES string of the molecule is CN(Cc1cnn(C)c1)c1nsnc1Cl. The van der Waals surface area contributed by atoms with E-state index < -0.39 is 0 Å². The van der Waals surface area contributed by atoms with E-state index in [-0.39, 0.29) is 0 Å². The molecule has 7 heteroatoms. The molecular formula is C8H10ClN5S. The summed E-state index contributed by atoms with van der Waals surface area (Å²) in [4.78, 5) is 1.95. The monoisotopic (exact) mass is 243 g/mol. The predicted octanol–water partition coefficient (Wildman–Crippen LogP) is 1.56. The van der Waals surface area contributed by atoms with Gasteiger partial charge in [0.1, 0.15) is 0 Å². The van der Waals surface area contributed by atoms with Crippen LogP contribution >= 0.6 is 23.3 Å². The van der Waals surface area contributed by atoms with E-state index >= 15 is 0 Å². The molecule has 15 heavy (non-hydrogen) atoms. The van der Waals surface area contributed by atoms with Crippen LogP contribution in [0.25, 0.3) is 0 Å². The number of halogens is 1. The first kappa shape index (κ1) is 10.4. The van der Waals surface area contributed by atoms with E-state index in [1.807, 2.05) is 31.4 Å². The first-order valence-corrected chi connectivity index (χ1v) is 5.44. The normalized spacial score (nSPS) is 10.6. The van der Waals surface area contributed by atoms with Crippen molar-refractivity contribution in [3.05, 3.63) is 23.1 Å². The van der Waals surface area contributed by atoms with Crippen LogP contribution in [-0.4, -0.2) is 25.6 Å². The van der Waals surface area contributed by atoms with Crippen LogP contribution in [0.4, 0.5) is 5.82 Å². The van der Waals surface area contributed by atoms with Gasteiger partial charge >= 0.3 is 0 Å². The minimum atomic E-state index is 0.450. The quantitative estimate of drug-likeness (QED) is 0.821. The number of aromatic nitrogens is 4. The molecule has 0 spiro atoms. The number of anilines is 1. The molecule has 0 amide bonds. The molecule has 0 atom stereocenters. The van der Waals surface area contributed by atoms with Gasteiger partial charge in [0.05, 0.1) is 17.9 Å². The van der Waals surface area contributed by atoms with Crippen LogP contribution < -0.4 is 4.90 Å². The third kappa shape index (κ3) is 2.27. The maximum absolute atomic E-state index is 5.88. The molecule has 0 aromatic carbocycles. The summed E-state index contributed by atoms with van der Waals surface area (Å²) >= 11 is 7.00. The summed E-state index contributed by atoms with van der Waals surface area (Å²) < 4.78 is 9.80. The van der Waals surface area contributed by atoms with Crippen molar-refractivity contribution in [1.82, 2.24) is 18.5 Å². The second kappa shape index (κ2) is 4.16. The maximum Gasteiger partial charge on any atom is 0.187 e. The zero-order chi connectivity index (χ0) is 10.8. The lowest BCUT2D eigenvalue weighted by Crippen LogP contribution is -2.16. The highest BCUT2D eigenvalue weighted by atomic mass is 35.5. The molecule has 0 unspecified atom stereocenters. The summed E-state index contributed by atoms with van der Waals surface area (Å²) in [6.45, 7) is 0.721. The van der Waals surface area contributed by atoms with Gasteiger partial charge in [-0.05, 0) is 0 Å². The van der Waals surface area contributed by atoms with Crippen molar-refractivity contribution in [2.75, 3.05) is 11.9 Å². The molecule has 2 aromatic rings. The number of rotatable bonds is 3. The standard InChI is InChI=1S/C8H10ClN5S/c1-13(8-7(9)11-15-12-8)4-6-3-10-14(2)5-6/h3,5H,4H2,1-2H3. The fourth-order valence-electron chi connectivity index (χ4n) is 1.30. The molecule has 0 fully saturated rings. The van der Waals surface area contributed by atoms with E-state index in [0.717, 1.165) is 23.8 Å². The average Bonchev–Trinajstić information content (AvgIpc) is 2.75. The Kier molecular flexibility index (Phi) is 2.88. The van der Waals surface area contributed by atoms with Crippen molar-refractivity contribution in [2.45, 2.75) is 6.54 Å². The van der Waals surface area contributed by atoms with Gasteiger partial charge in [-0.15, -0.1) is 0 Å². The van der Waals surface area contributed by atoms with Crippen molar-refractivity contribution >= 4 is 29.1 Å². The van der Waals surface area contributed by atoms with Crippen molar-refractivity contribution in [3.63, 3.8) is 0 Å². The molecule has 80 valence electrons. The van der Waals surface area contributed by atoms with Gasteiger partial charge in [-0.1, -0.05) is 11.6 Å². The topological polar surface area (TPSA) is 46.8 Å². The molecule has 0 N–H and O–H groups in total. The molecule has 0 saturated heterocycles. The van der Waals surface area contributed by atoms with E-state index in [0.29, 0.717) is 11.0 Å². The zero-order valence-electron chi connectivity index (χ0n) is 8.38. The van der Waals surface area contributed by atoms with Crippen LogP contribution in [0, 0.1) is 0 Å². The lowest BCUT2D eigenvalue weighted by atomic mass is 10.3. The van der Waals surface area contributed by atoms with Gasteiger partial charge < -0.3 is 4.90 Å². The molecule has 0 aliphatic heterocycles. The predicted molar refractivity (Wildman–Crippen MR) is 60.2 cm³/mol. The molecule has 2 heterocycles. The van der Waals surface area contributed by atoms with Gasteiger partial charge in [-0.2, -0.15) is 13.8 Å². The molecule has 5 nitrogen and oxygen atoms in total. The molecule has 0 bridgehead atoms. The Morgan fingerprint density at radius 1 is 1.53 bits per heavy atom. The van der Waals surface area contributed by atoms with Gasteiger partial charge in [0.25, 0.3) is 0 Å². The van der Waals surface area contributed by atoms with Gasteiger partial charge in [-0.3, -0.25) is 4.68 Å². The molecule has 2 aromatic heterocycles. The van der Waals surface area contributed by atoms with E-state index in [1.165, 1.54) is 0 Å². The van der Waals surface area contributed by atoms with Crippen molar-refractivity contribution in [3.8, 4) is 0 Å². The van der Waals surface area contributed by atoms with Crippen LogP contribution in [0.1, 0.15) is 5.56 Å². The second-order valence-electron chi connectivity index (χ2n) is 3.26. The average molecular weight is 244 g/mol.